The summed E-state index contributed by atoms with van der Waals surface area (Å²) in [5.74, 6) is 1.69. The van der Waals surface area contributed by atoms with Crippen molar-refractivity contribution in [2.45, 2.75) is 30.0 Å². The van der Waals surface area contributed by atoms with Crippen LogP contribution >= 0.6 is 23.2 Å². The highest BCUT2D eigenvalue weighted by Crippen LogP contribution is 2.69. The molecule has 1 saturated carbocycles. The van der Waals surface area contributed by atoms with Crippen molar-refractivity contribution < 1.29 is 9.47 Å². The Balaban J connectivity index is 2.05. The Morgan fingerprint density at radius 3 is 2.09 bits per heavy atom. The van der Waals surface area contributed by atoms with E-state index in [1.165, 1.54) is 0 Å². The van der Waals surface area contributed by atoms with Gasteiger partial charge in [0, 0.05) is 5.56 Å². The van der Waals surface area contributed by atoms with Gasteiger partial charge in [0.2, 0.25) is 0 Å². The minimum absolute atomic E-state index is 0.438. The van der Waals surface area contributed by atoms with E-state index in [0.717, 1.165) is 22.6 Å². The highest BCUT2D eigenvalue weighted by Gasteiger charge is 2.69. The number of ether oxygens (including phenoxy) is 2. The number of halogens is 2. The predicted molar refractivity (Wildman–Crippen MR) is 95.1 cm³/mol. The lowest BCUT2D eigenvalue weighted by molar-refractivity contribution is 0.334. The Labute approximate surface area is 147 Å². The van der Waals surface area contributed by atoms with E-state index in [9.17, 15) is 0 Å². The van der Waals surface area contributed by atoms with Crippen LogP contribution in [0.5, 0.6) is 11.5 Å². The molecule has 3 rings (SSSR count). The molecule has 1 fully saturated rings. The summed E-state index contributed by atoms with van der Waals surface area (Å²) in [7, 11) is 0. The van der Waals surface area contributed by atoms with E-state index < -0.39 is 9.75 Å². The topological polar surface area (TPSA) is 18.5 Å². The van der Waals surface area contributed by atoms with Crippen molar-refractivity contribution in [1.29, 1.82) is 0 Å². The molecule has 2 aromatic carbocycles. The van der Waals surface area contributed by atoms with Crippen molar-refractivity contribution in [2.75, 3.05) is 13.2 Å². The summed E-state index contributed by atoms with van der Waals surface area (Å²) < 4.78 is 10.5. The first-order chi connectivity index (χ1) is 11.0. The van der Waals surface area contributed by atoms with Gasteiger partial charge >= 0.3 is 0 Å². The summed E-state index contributed by atoms with van der Waals surface area (Å²) >= 11 is 13.2. The molecule has 0 aliphatic heterocycles. The van der Waals surface area contributed by atoms with Crippen molar-refractivity contribution in [3.8, 4) is 11.5 Å². The predicted octanol–water partition coefficient (Wildman–Crippen LogP) is 5.35. The lowest BCUT2D eigenvalue weighted by Gasteiger charge is -2.22. The normalized spacial score (nSPS) is 21.7. The van der Waals surface area contributed by atoms with Crippen molar-refractivity contribution in [3.63, 3.8) is 0 Å². The summed E-state index contributed by atoms with van der Waals surface area (Å²) in [6, 6.07) is 16.0. The minimum atomic E-state index is -0.826. The second kappa shape index (κ2) is 6.26. The van der Waals surface area contributed by atoms with Gasteiger partial charge in [0.05, 0.1) is 18.6 Å². The van der Waals surface area contributed by atoms with Gasteiger partial charge in [-0.1, -0.05) is 30.3 Å². The van der Waals surface area contributed by atoms with Gasteiger partial charge < -0.3 is 9.47 Å². The van der Waals surface area contributed by atoms with E-state index in [4.69, 9.17) is 32.7 Å². The molecule has 1 unspecified atom stereocenters. The second-order valence-corrected chi connectivity index (χ2v) is 7.16. The molecule has 0 amide bonds. The third-order valence-corrected chi connectivity index (χ3v) is 5.20. The molecule has 2 nitrogen and oxygen atoms in total. The summed E-state index contributed by atoms with van der Waals surface area (Å²) in [6.07, 6.45) is 0.668. The third kappa shape index (κ3) is 2.79. The first-order valence-corrected chi connectivity index (χ1v) is 8.64. The molecule has 0 spiro atoms. The Bertz CT molecular complexity index is 682. The highest BCUT2D eigenvalue weighted by atomic mass is 35.5. The first-order valence-electron chi connectivity index (χ1n) is 7.88. The molecule has 1 aliphatic carbocycles. The van der Waals surface area contributed by atoms with E-state index in [2.05, 4.69) is 0 Å². The fourth-order valence-corrected chi connectivity index (χ4v) is 3.98. The maximum atomic E-state index is 6.58. The van der Waals surface area contributed by atoms with Crippen LogP contribution in [0.4, 0.5) is 0 Å². The van der Waals surface area contributed by atoms with Crippen molar-refractivity contribution in [3.05, 3.63) is 59.7 Å². The van der Waals surface area contributed by atoms with Gasteiger partial charge in [0.1, 0.15) is 15.8 Å². The van der Waals surface area contributed by atoms with Crippen LogP contribution in [0.2, 0.25) is 0 Å². The van der Waals surface area contributed by atoms with Crippen LogP contribution in [0.1, 0.15) is 31.4 Å². The highest BCUT2D eigenvalue weighted by molar-refractivity contribution is 6.52. The number of para-hydroxylation sites is 1. The molecule has 0 aromatic heterocycles. The van der Waals surface area contributed by atoms with Gasteiger partial charge in [-0.15, -0.1) is 23.2 Å². The van der Waals surface area contributed by atoms with E-state index in [-0.39, 0.29) is 0 Å². The lowest BCUT2D eigenvalue weighted by atomic mass is 9.87. The third-order valence-electron chi connectivity index (χ3n) is 4.29. The van der Waals surface area contributed by atoms with Crippen LogP contribution in [0.3, 0.4) is 0 Å². The van der Waals surface area contributed by atoms with Crippen LogP contribution in [0, 0.1) is 0 Å². The average Bonchev–Trinajstić information content (AvgIpc) is 3.13. The summed E-state index contributed by atoms with van der Waals surface area (Å²) in [4.78, 5) is 0. The Morgan fingerprint density at radius 1 is 0.913 bits per heavy atom. The number of hydrogen-bond donors (Lipinski definition) is 0. The number of alkyl halides is 2. The monoisotopic (exact) mass is 350 g/mol. The fraction of sp³-hybridized carbons (Fsp3) is 0.368. The molecule has 1 atom stereocenters. The van der Waals surface area contributed by atoms with E-state index in [0.29, 0.717) is 19.6 Å². The summed E-state index contributed by atoms with van der Waals surface area (Å²) in [5.41, 5.74) is 1.68. The molecule has 2 aromatic rings. The Kier molecular flexibility index (Phi) is 4.48. The smallest absolute Gasteiger partial charge is 0.133 e. The SMILES string of the molecule is CCOc1ccc(C2(c3ccccc3OCC)CC2(Cl)Cl)cc1. The zero-order valence-electron chi connectivity index (χ0n) is 13.3. The lowest BCUT2D eigenvalue weighted by Crippen LogP contribution is -2.18. The van der Waals surface area contributed by atoms with Gasteiger partial charge in [-0.3, -0.25) is 0 Å². The standard InChI is InChI=1S/C19H20Cl2O2/c1-3-22-15-11-9-14(10-12-15)18(13-19(18,20)21)16-7-5-6-8-17(16)23-4-2/h5-12H,3-4,13H2,1-2H3. The molecular formula is C19H20Cl2O2. The average molecular weight is 351 g/mol. The van der Waals surface area contributed by atoms with E-state index >= 15 is 0 Å². The zero-order chi connectivity index (χ0) is 16.5. The Morgan fingerprint density at radius 2 is 1.52 bits per heavy atom. The van der Waals surface area contributed by atoms with Crippen LogP contribution in [0.25, 0.3) is 0 Å². The van der Waals surface area contributed by atoms with Gasteiger partial charge in [-0.05, 0) is 44.0 Å². The van der Waals surface area contributed by atoms with Gasteiger partial charge in [0.15, 0.2) is 0 Å². The van der Waals surface area contributed by atoms with Crippen LogP contribution in [-0.2, 0) is 5.41 Å². The summed E-state index contributed by atoms with van der Waals surface area (Å²) in [5, 5.41) is 0. The molecule has 0 radical (unpaired) electrons. The van der Waals surface area contributed by atoms with Crippen LogP contribution < -0.4 is 9.47 Å². The number of benzene rings is 2. The summed E-state index contributed by atoms with van der Waals surface area (Å²) in [6.45, 7) is 5.19. The fourth-order valence-electron chi connectivity index (χ4n) is 3.15. The maximum Gasteiger partial charge on any atom is 0.133 e. The molecule has 0 bridgehead atoms. The number of rotatable bonds is 6. The van der Waals surface area contributed by atoms with Crippen molar-refractivity contribution in [1.82, 2.24) is 0 Å². The molecule has 0 heterocycles. The Hall–Kier alpha value is -1.38. The van der Waals surface area contributed by atoms with Crippen molar-refractivity contribution in [2.24, 2.45) is 0 Å². The molecule has 23 heavy (non-hydrogen) atoms. The van der Waals surface area contributed by atoms with Gasteiger partial charge in [0.25, 0.3) is 0 Å². The van der Waals surface area contributed by atoms with E-state index in [1.807, 2.05) is 62.4 Å². The van der Waals surface area contributed by atoms with Crippen LogP contribution in [0.15, 0.2) is 48.5 Å². The molecule has 0 saturated heterocycles. The van der Waals surface area contributed by atoms with Crippen LogP contribution in [-0.4, -0.2) is 17.5 Å². The molecule has 0 N–H and O–H groups in total. The second-order valence-electron chi connectivity index (χ2n) is 5.67. The molecule has 4 heteroatoms. The number of hydrogen-bond acceptors (Lipinski definition) is 2. The minimum Gasteiger partial charge on any atom is -0.494 e. The van der Waals surface area contributed by atoms with Crippen molar-refractivity contribution >= 4 is 23.2 Å². The van der Waals surface area contributed by atoms with Gasteiger partial charge in [-0.25, -0.2) is 0 Å². The molecule has 1 aliphatic rings. The van der Waals surface area contributed by atoms with Gasteiger partial charge in [-0.2, -0.15) is 0 Å². The molecular weight excluding hydrogens is 331 g/mol. The first kappa shape index (κ1) is 16.5. The quantitative estimate of drug-likeness (QED) is 0.654. The molecule has 122 valence electrons. The largest absolute Gasteiger partial charge is 0.494 e. The zero-order valence-corrected chi connectivity index (χ0v) is 14.8. The maximum absolute atomic E-state index is 6.58. The van der Waals surface area contributed by atoms with E-state index in [1.54, 1.807) is 0 Å².